The van der Waals surface area contributed by atoms with E-state index in [4.69, 9.17) is 9.97 Å². The largest absolute Gasteiger partial charge is 0.228 e. The Morgan fingerprint density at radius 2 is 1.00 bits per heavy atom. The number of aromatic nitrogens is 2. The molecular weight excluding hydrogens is 492 g/mol. The average molecular weight is 511 g/mol. The first-order valence-corrected chi connectivity index (χ1v) is 12.4. The van der Waals surface area contributed by atoms with Gasteiger partial charge in [-0.25, -0.2) is 9.97 Å². The topological polar surface area (TPSA) is 25.8 Å². The van der Waals surface area contributed by atoms with Crippen LogP contribution in [0.5, 0.6) is 0 Å². The summed E-state index contributed by atoms with van der Waals surface area (Å²) in [5.74, 6) is 0.738. The summed E-state index contributed by atoms with van der Waals surface area (Å²) in [5, 5.41) is 7.39. The smallest absolute Gasteiger partial charge is 0.161 e. The van der Waals surface area contributed by atoms with Gasteiger partial charge in [-0.3, -0.25) is 0 Å². The molecular formula is C32H19BrN2. The first kappa shape index (κ1) is 20.3. The molecule has 0 amide bonds. The van der Waals surface area contributed by atoms with Crippen LogP contribution in [-0.4, -0.2) is 9.97 Å². The predicted octanol–water partition coefficient (Wildman–Crippen LogP) is 9.14. The Morgan fingerprint density at radius 1 is 0.486 bits per heavy atom. The van der Waals surface area contributed by atoms with Crippen molar-refractivity contribution in [2.24, 2.45) is 0 Å². The van der Waals surface area contributed by atoms with Crippen LogP contribution in [0.4, 0.5) is 0 Å². The monoisotopic (exact) mass is 510 g/mol. The molecule has 0 bridgehead atoms. The SMILES string of the molecule is Brc1ccc2ccc3c(-c4nc(-c5ccccc5)cc(-c5ccccc5)n4)ccc4ccc1c2c43. The minimum absolute atomic E-state index is 0.738. The third-order valence-electron chi connectivity index (χ3n) is 6.72. The summed E-state index contributed by atoms with van der Waals surface area (Å²) in [6.07, 6.45) is 0. The number of nitrogens with zero attached hydrogens (tertiary/aromatic N) is 2. The lowest BCUT2D eigenvalue weighted by atomic mass is 9.91. The third-order valence-corrected chi connectivity index (χ3v) is 7.41. The standard InChI is InChI=1S/C32H19BrN2/c33-27-18-14-23-11-15-24-25(16-12-22-13-17-26(27)31(23)30(22)24)32-34-28(20-7-3-1-4-8-20)19-29(35-32)21-9-5-2-6-10-21/h1-19H. The van der Waals surface area contributed by atoms with Gasteiger partial charge in [0.25, 0.3) is 0 Å². The number of hydrogen-bond acceptors (Lipinski definition) is 2. The van der Waals surface area contributed by atoms with Crippen LogP contribution in [0.2, 0.25) is 0 Å². The molecule has 0 radical (unpaired) electrons. The highest BCUT2D eigenvalue weighted by atomic mass is 79.9. The van der Waals surface area contributed by atoms with Crippen molar-refractivity contribution >= 4 is 48.2 Å². The molecule has 0 fully saturated rings. The first-order chi connectivity index (χ1) is 17.3. The van der Waals surface area contributed by atoms with Crippen LogP contribution in [0.15, 0.2) is 120 Å². The van der Waals surface area contributed by atoms with Crippen LogP contribution in [0, 0.1) is 0 Å². The van der Waals surface area contributed by atoms with Crippen LogP contribution < -0.4 is 0 Å². The molecule has 0 atom stereocenters. The molecule has 6 aromatic carbocycles. The molecule has 0 N–H and O–H groups in total. The van der Waals surface area contributed by atoms with E-state index in [1.165, 1.54) is 32.3 Å². The summed E-state index contributed by atoms with van der Waals surface area (Å²) in [7, 11) is 0. The Hall–Kier alpha value is -4.08. The van der Waals surface area contributed by atoms with Crippen LogP contribution >= 0.6 is 15.9 Å². The van der Waals surface area contributed by atoms with Crippen molar-refractivity contribution < 1.29 is 0 Å². The Morgan fingerprint density at radius 3 is 1.63 bits per heavy atom. The predicted molar refractivity (Wildman–Crippen MR) is 150 cm³/mol. The van der Waals surface area contributed by atoms with E-state index in [9.17, 15) is 0 Å². The number of benzene rings is 6. The van der Waals surface area contributed by atoms with E-state index in [2.05, 4.69) is 94.8 Å². The maximum atomic E-state index is 5.08. The van der Waals surface area contributed by atoms with Gasteiger partial charge >= 0.3 is 0 Å². The maximum absolute atomic E-state index is 5.08. The third kappa shape index (κ3) is 3.31. The second kappa shape index (κ2) is 8.00. The van der Waals surface area contributed by atoms with Gasteiger partial charge in [-0.1, -0.05) is 113 Å². The van der Waals surface area contributed by atoms with Gasteiger partial charge in [-0.05, 0) is 50.5 Å². The van der Waals surface area contributed by atoms with Crippen molar-refractivity contribution in [2.75, 3.05) is 0 Å². The number of hydrogen-bond donors (Lipinski definition) is 0. The molecule has 0 aliphatic carbocycles. The highest BCUT2D eigenvalue weighted by Gasteiger charge is 2.16. The molecule has 0 saturated carbocycles. The first-order valence-electron chi connectivity index (χ1n) is 11.6. The van der Waals surface area contributed by atoms with E-state index in [0.29, 0.717) is 0 Å². The fraction of sp³-hybridized carbons (Fsp3) is 0. The van der Waals surface area contributed by atoms with Gasteiger partial charge in [-0.2, -0.15) is 0 Å². The number of halogens is 1. The van der Waals surface area contributed by atoms with Crippen LogP contribution in [-0.2, 0) is 0 Å². The van der Waals surface area contributed by atoms with Gasteiger partial charge in [0, 0.05) is 21.2 Å². The molecule has 35 heavy (non-hydrogen) atoms. The minimum Gasteiger partial charge on any atom is -0.228 e. The molecule has 0 saturated heterocycles. The second-order valence-corrected chi connectivity index (χ2v) is 9.63. The quantitative estimate of drug-likeness (QED) is 0.221. The van der Waals surface area contributed by atoms with Crippen molar-refractivity contribution in [3.63, 3.8) is 0 Å². The lowest BCUT2D eigenvalue weighted by Gasteiger charge is -2.15. The van der Waals surface area contributed by atoms with Crippen LogP contribution in [0.25, 0.3) is 66.2 Å². The van der Waals surface area contributed by atoms with Crippen LogP contribution in [0.1, 0.15) is 0 Å². The van der Waals surface area contributed by atoms with Gasteiger partial charge in [0.1, 0.15) is 0 Å². The average Bonchev–Trinajstić information content (AvgIpc) is 2.93. The van der Waals surface area contributed by atoms with Gasteiger partial charge in [0.15, 0.2) is 5.82 Å². The fourth-order valence-corrected chi connectivity index (χ4v) is 5.50. The van der Waals surface area contributed by atoms with E-state index >= 15 is 0 Å². The van der Waals surface area contributed by atoms with E-state index in [-0.39, 0.29) is 0 Å². The van der Waals surface area contributed by atoms with Crippen molar-refractivity contribution in [1.29, 1.82) is 0 Å². The van der Waals surface area contributed by atoms with E-state index in [0.717, 1.165) is 38.4 Å². The molecule has 164 valence electrons. The van der Waals surface area contributed by atoms with Crippen molar-refractivity contribution in [3.05, 3.63) is 120 Å². The summed E-state index contributed by atoms with van der Waals surface area (Å²) in [6.45, 7) is 0. The normalized spacial score (nSPS) is 11.6. The fourth-order valence-electron chi connectivity index (χ4n) is 5.04. The summed E-state index contributed by atoms with van der Waals surface area (Å²) in [5.41, 5.74) is 5.04. The molecule has 0 spiro atoms. The van der Waals surface area contributed by atoms with E-state index in [1.54, 1.807) is 0 Å². The lowest BCUT2D eigenvalue weighted by molar-refractivity contribution is 1.19. The van der Waals surface area contributed by atoms with Gasteiger partial charge < -0.3 is 0 Å². The Bertz CT molecular complexity index is 1790. The van der Waals surface area contributed by atoms with Crippen molar-refractivity contribution in [2.45, 2.75) is 0 Å². The highest BCUT2D eigenvalue weighted by molar-refractivity contribution is 9.10. The zero-order valence-corrected chi connectivity index (χ0v) is 20.3. The summed E-state index contributed by atoms with van der Waals surface area (Å²) < 4.78 is 1.11. The minimum atomic E-state index is 0.738. The lowest BCUT2D eigenvalue weighted by Crippen LogP contribution is -1.97. The highest BCUT2D eigenvalue weighted by Crippen LogP contribution is 2.41. The molecule has 0 aliphatic rings. The molecule has 1 aromatic heterocycles. The molecule has 3 heteroatoms. The second-order valence-electron chi connectivity index (χ2n) is 8.78. The molecule has 7 rings (SSSR count). The van der Waals surface area contributed by atoms with E-state index in [1.807, 2.05) is 36.4 Å². The Labute approximate surface area is 211 Å². The molecule has 7 aromatic rings. The molecule has 1 heterocycles. The zero-order valence-electron chi connectivity index (χ0n) is 18.7. The summed E-state index contributed by atoms with van der Waals surface area (Å²) in [4.78, 5) is 10.2. The van der Waals surface area contributed by atoms with Gasteiger partial charge in [0.05, 0.1) is 11.4 Å². The molecule has 0 aliphatic heterocycles. The van der Waals surface area contributed by atoms with Crippen LogP contribution in [0.3, 0.4) is 0 Å². The summed E-state index contributed by atoms with van der Waals surface area (Å²) in [6, 6.07) is 40.2. The maximum Gasteiger partial charge on any atom is 0.161 e. The van der Waals surface area contributed by atoms with E-state index < -0.39 is 0 Å². The zero-order chi connectivity index (χ0) is 23.4. The van der Waals surface area contributed by atoms with Crippen molar-refractivity contribution in [1.82, 2.24) is 9.97 Å². The Kier molecular flexibility index (Phi) is 4.64. The Balaban J connectivity index is 1.55. The molecule has 0 unspecified atom stereocenters. The van der Waals surface area contributed by atoms with Gasteiger partial charge in [0.2, 0.25) is 0 Å². The van der Waals surface area contributed by atoms with Gasteiger partial charge in [-0.15, -0.1) is 0 Å². The molecule has 2 nitrogen and oxygen atoms in total. The number of rotatable bonds is 3. The van der Waals surface area contributed by atoms with Crippen molar-refractivity contribution in [3.8, 4) is 33.9 Å². The summed E-state index contributed by atoms with van der Waals surface area (Å²) >= 11 is 3.75.